The second-order valence-electron chi connectivity index (χ2n) is 9.11. The molecule has 2 heterocycles. The van der Waals surface area contributed by atoms with E-state index >= 15 is 0 Å². The van der Waals surface area contributed by atoms with Crippen molar-refractivity contribution in [3.63, 3.8) is 0 Å². The minimum absolute atomic E-state index is 0.319. The maximum Gasteiger partial charge on any atom is 0.339 e. The van der Waals surface area contributed by atoms with E-state index in [4.69, 9.17) is 5.10 Å². The summed E-state index contributed by atoms with van der Waals surface area (Å²) in [5.74, 6) is -0.0557. The Balaban J connectivity index is 1.28. The van der Waals surface area contributed by atoms with Crippen molar-refractivity contribution in [1.29, 1.82) is 0 Å². The molecule has 2 aromatic heterocycles. The molecule has 2 saturated carbocycles. The van der Waals surface area contributed by atoms with Crippen LogP contribution in [0, 0.1) is 0 Å². The van der Waals surface area contributed by atoms with Crippen molar-refractivity contribution < 1.29 is 9.90 Å². The fourth-order valence-corrected chi connectivity index (χ4v) is 5.54. The van der Waals surface area contributed by atoms with E-state index in [1.165, 1.54) is 48.7 Å². The van der Waals surface area contributed by atoms with Crippen LogP contribution >= 0.6 is 0 Å². The zero-order valence-corrected chi connectivity index (χ0v) is 17.0. The average molecular weight is 402 g/mol. The van der Waals surface area contributed by atoms with Crippen LogP contribution in [0.5, 0.6) is 0 Å². The Bertz CT molecular complexity index is 1120. The molecule has 0 bridgehead atoms. The Hall–Kier alpha value is -2.89. The molecule has 1 aromatic carbocycles. The number of hydrogen-bond donors (Lipinski definition) is 1. The van der Waals surface area contributed by atoms with Crippen molar-refractivity contribution in [2.24, 2.45) is 0 Å². The SMILES string of the molecule is O=C(O)c1cnn(-c2cccc(C3CCC(n4ncc5c4CCC5)C3)c2)c1C1CC1. The van der Waals surface area contributed by atoms with Gasteiger partial charge in [0.1, 0.15) is 5.56 Å². The van der Waals surface area contributed by atoms with E-state index in [0.717, 1.165) is 37.1 Å². The van der Waals surface area contributed by atoms with Crippen molar-refractivity contribution in [3.05, 3.63) is 64.7 Å². The molecule has 30 heavy (non-hydrogen) atoms. The zero-order chi connectivity index (χ0) is 20.2. The number of aryl methyl sites for hydroxylation is 1. The van der Waals surface area contributed by atoms with Gasteiger partial charge < -0.3 is 5.11 Å². The van der Waals surface area contributed by atoms with Crippen LogP contribution in [0.3, 0.4) is 0 Å². The molecule has 6 heteroatoms. The van der Waals surface area contributed by atoms with Gasteiger partial charge in [0.2, 0.25) is 0 Å². The second kappa shape index (κ2) is 6.83. The Kier molecular flexibility index (Phi) is 4.08. The minimum atomic E-state index is -0.885. The summed E-state index contributed by atoms with van der Waals surface area (Å²) in [5, 5.41) is 18.7. The van der Waals surface area contributed by atoms with Crippen LogP contribution in [0.15, 0.2) is 36.7 Å². The summed E-state index contributed by atoms with van der Waals surface area (Å²) in [7, 11) is 0. The van der Waals surface area contributed by atoms with E-state index in [1.54, 1.807) is 0 Å². The minimum Gasteiger partial charge on any atom is -0.478 e. The number of carboxylic acids is 1. The predicted octanol–water partition coefficient (Wildman–Crippen LogP) is 4.64. The van der Waals surface area contributed by atoms with Gasteiger partial charge in [-0.2, -0.15) is 10.2 Å². The fraction of sp³-hybridized carbons (Fsp3) is 0.458. The first-order valence-electron chi connectivity index (χ1n) is 11.2. The summed E-state index contributed by atoms with van der Waals surface area (Å²) in [4.78, 5) is 11.6. The van der Waals surface area contributed by atoms with E-state index in [1.807, 2.05) is 10.7 Å². The van der Waals surface area contributed by atoms with Crippen molar-refractivity contribution in [1.82, 2.24) is 19.6 Å². The highest BCUT2D eigenvalue weighted by Crippen LogP contribution is 2.44. The second-order valence-corrected chi connectivity index (χ2v) is 9.11. The zero-order valence-electron chi connectivity index (χ0n) is 17.0. The molecule has 154 valence electrons. The first kappa shape index (κ1) is 17.9. The van der Waals surface area contributed by atoms with Crippen LogP contribution in [0.25, 0.3) is 5.69 Å². The highest BCUT2D eigenvalue weighted by molar-refractivity contribution is 5.89. The molecule has 2 fully saturated rings. The summed E-state index contributed by atoms with van der Waals surface area (Å²) >= 11 is 0. The molecule has 2 unspecified atom stereocenters. The topological polar surface area (TPSA) is 72.9 Å². The van der Waals surface area contributed by atoms with Gasteiger partial charge in [0.25, 0.3) is 0 Å². The molecule has 0 radical (unpaired) electrons. The Morgan fingerprint density at radius 1 is 1.03 bits per heavy atom. The third-order valence-corrected chi connectivity index (χ3v) is 7.18. The number of aromatic carboxylic acids is 1. The summed E-state index contributed by atoms with van der Waals surface area (Å²) < 4.78 is 4.17. The van der Waals surface area contributed by atoms with Crippen LogP contribution in [0.4, 0.5) is 0 Å². The molecular formula is C24H26N4O2. The number of aromatic nitrogens is 4. The predicted molar refractivity (Wildman–Crippen MR) is 112 cm³/mol. The van der Waals surface area contributed by atoms with Gasteiger partial charge in [-0.05, 0) is 80.5 Å². The maximum absolute atomic E-state index is 11.6. The molecule has 3 aliphatic rings. The lowest BCUT2D eigenvalue weighted by atomic mass is 9.97. The third kappa shape index (κ3) is 2.89. The number of carboxylic acid groups (broad SMARTS) is 1. The molecule has 0 spiro atoms. The van der Waals surface area contributed by atoms with Crippen LogP contribution in [0.1, 0.15) is 89.3 Å². The molecule has 6 nitrogen and oxygen atoms in total. The Morgan fingerprint density at radius 2 is 1.90 bits per heavy atom. The van der Waals surface area contributed by atoms with Crippen LogP contribution in [-0.4, -0.2) is 30.6 Å². The van der Waals surface area contributed by atoms with Crippen molar-refractivity contribution >= 4 is 5.97 Å². The number of benzene rings is 1. The monoisotopic (exact) mass is 402 g/mol. The summed E-state index contributed by atoms with van der Waals surface area (Å²) in [6.45, 7) is 0. The molecule has 0 saturated heterocycles. The van der Waals surface area contributed by atoms with Gasteiger partial charge in [-0.1, -0.05) is 12.1 Å². The van der Waals surface area contributed by atoms with Gasteiger partial charge in [-0.3, -0.25) is 4.68 Å². The van der Waals surface area contributed by atoms with E-state index in [2.05, 4.69) is 34.2 Å². The molecular weight excluding hydrogens is 376 g/mol. The van der Waals surface area contributed by atoms with Gasteiger partial charge in [-0.15, -0.1) is 0 Å². The molecule has 3 aromatic rings. The fourth-order valence-electron chi connectivity index (χ4n) is 5.54. The Morgan fingerprint density at radius 3 is 2.73 bits per heavy atom. The quantitative estimate of drug-likeness (QED) is 0.675. The normalized spacial score (nSPS) is 23.1. The van der Waals surface area contributed by atoms with Gasteiger partial charge in [-0.25, -0.2) is 9.48 Å². The lowest BCUT2D eigenvalue weighted by molar-refractivity contribution is 0.0695. The van der Waals surface area contributed by atoms with Crippen LogP contribution in [0.2, 0.25) is 0 Å². The summed E-state index contributed by atoms with van der Waals surface area (Å²) in [6.07, 6.45) is 12.7. The van der Waals surface area contributed by atoms with E-state index in [0.29, 0.717) is 23.4 Å². The smallest absolute Gasteiger partial charge is 0.339 e. The summed E-state index contributed by atoms with van der Waals surface area (Å²) in [5.41, 5.74) is 6.41. The highest BCUT2D eigenvalue weighted by Gasteiger charge is 2.34. The number of nitrogens with zero attached hydrogens (tertiary/aromatic N) is 4. The van der Waals surface area contributed by atoms with Crippen molar-refractivity contribution in [2.75, 3.05) is 0 Å². The molecule has 0 amide bonds. The summed E-state index contributed by atoms with van der Waals surface area (Å²) in [6, 6.07) is 9.04. The van der Waals surface area contributed by atoms with Gasteiger partial charge in [0, 0.05) is 11.6 Å². The van der Waals surface area contributed by atoms with Crippen molar-refractivity contribution in [2.45, 2.75) is 69.2 Å². The van der Waals surface area contributed by atoms with Gasteiger partial charge >= 0.3 is 5.97 Å². The van der Waals surface area contributed by atoms with E-state index < -0.39 is 5.97 Å². The first-order chi connectivity index (χ1) is 14.7. The molecule has 6 rings (SSSR count). The average Bonchev–Trinajstić information content (AvgIpc) is 3.17. The highest BCUT2D eigenvalue weighted by atomic mass is 16.4. The number of carbonyl (C=O) groups is 1. The molecule has 1 N–H and O–H groups in total. The number of fused-ring (bicyclic) bond motifs is 1. The molecule has 3 aliphatic carbocycles. The number of rotatable bonds is 5. The lowest BCUT2D eigenvalue weighted by Gasteiger charge is -2.16. The maximum atomic E-state index is 11.6. The molecule has 0 aliphatic heterocycles. The molecule has 2 atom stereocenters. The van der Waals surface area contributed by atoms with Crippen LogP contribution in [-0.2, 0) is 12.8 Å². The third-order valence-electron chi connectivity index (χ3n) is 7.18. The van der Waals surface area contributed by atoms with Gasteiger partial charge in [0.05, 0.1) is 29.8 Å². The Labute approximate surface area is 175 Å². The first-order valence-corrected chi connectivity index (χ1v) is 11.2. The number of hydrogen-bond acceptors (Lipinski definition) is 3. The van der Waals surface area contributed by atoms with Crippen molar-refractivity contribution in [3.8, 4) is 5.69 Å². The van der Waals surface area contributed by atoms with E-state index in [-0.39, 0.29) is 0 Å². The van der Waals surface area contributed by atoms with Crippen LogP contribution < -0.4 is 0 Å². The lowest BCUT2D eigenvalue weighted by Crippen LogP contribution is -2.10. The standard InChI is InChI=1S/C24H26N4O2/c29-24(30)21-14-26-28(23(21)15-7-8-15)19-5-1-3-16(11-19)17-9-10-20(12-17)27-22-6-2-4-18(22)13-25-27/h1,3,5,11,13-15,17,20H,2,4,6-10,12H2,(H,29,30). The van der Waals surface area contributed by atoms with Gasteiger partial charge in [0.15, 0.2) is 0 Å². The largest absolute Gasteiger partial charge is 0.478 e. The van der Waals surface area contributed by atoms with E-state index in [9.17, 15) is 9.90 Å².